The van der Waals surface area contributed by atoms with Crippen molar-refractivity contribution in [3.8, 4) is 27.9 Å². The zero-order valence-corrected chi connectivity index (χ0v) is 27.8. The van der Waals surface area contributed by atoms with E-state index in [1.807, 2.05) is 12.1 Å². The Bertz CT molecular complexity index is 2850. The van der Waals surface area contributed by atoms with E-state index in [0.717, 1.165) is 50.2 Å². The molecule has 3 heteroatoms. The van der Waals surface area contributed by atoms with Crippen molar-refractivity contribution in [2.75, 3.05) is 4.90 Å². The number of benzene rings is 8. The van der Waals surface area contributed by atoms with E-state index in [2.05, 4.69) is 191 Å². The Morgan fingerprint density at radius 1 is 0.373 bits per heavy atom. The van der Waals surface area contributed by atoms with Gasteiger partial charge in [0.25, 0.3) is 0 Å². The third-order valence-corrected chi connectivity index (χ3v) is 9.98. The molecule has 0 radical (unpaired) electrons. The summed E-state index contributed by atoms with van der Waals surface area (Å²) in [4.78, 5) is 2.32. The fraction of sp³-hybridized carbons (Fsp3) is 0. The van der Waals surface area contributed by atoms with Crippen molar-refractivity contribution in [2.24, 2.45) is 0 Å². The Morgan fingerprint density at radius 3 is 1.78 bits per heavy atom. The molecule has 0 fully saturated rings. The van der Waals surface area contributed by atoms with Crippen LogP contribution in [0.25, 0.3) is 71.7 Å². The lowest BCUT2D eigenvalue weighted by atomic mass is 9.92. The van der Waals surface area contributed by atoms with Crippen molar-refractivity contribution in [2.45, 2.75) is 0 Å². The minimum Gasteiger partial charge on any atom is -0.456 e. The first-order valence-electron chi connectivity index (χ1n) is 17.4. The van der Waals surface area contributed by atoms with Crippen LogP contribution in [0, 0.1) is 0 Å². The first-order valence-corrected chi connectivity index (χ1v) is 17.4. The maximum Gasteiger partial charge on any atom is 0.137 e. The fourth-order valence-corrected chi connectivity index (χ4v) is 7.74. The number of para-hydroxylation sites is 3. The van der Waals surface area contributed by atoms with Crippen LogP contribution in [0.3, 0.4) is 0 Å². The molecule has 0 N–H and O–H groups in total. The minimum atomic E-state index is 0.871. The molecule has 0 amide bonds. The summed E-state index contributed by atoms with van der Waals surface area (Å²) in [5, 5.41) is 4.69. The van der Waals surface area contributed by atoms with Crippen LogP contribution in [0.4, 0.5) is 17.1 Å². The van der Waals surface area contributed by atoms with Crippen molar-refractivity contribution < 1.29 is 4.42 Å². The van der Waals surface area contributed by atoms with Crippen LogP contribution in [-0.2, 0) is 0 Å². The van der Waals surface area contributed by atoms with Crippen LogP contribution >= 0.6 is 0 Å². The van der Waals surface area contributed by atoms with Crippen LogP contribution in [0.15, 0.2) is 199 Å². The summed E-state index contributed by atoms with van der Waals surface area (Å²) >= 11 is 0. The van der Waals surface area contributed by atoms with Gasteiger partial charge in [0.1, 0.15) is 11.2 Å². The maximum atomic E-state index is 6.37. The lowest BCUT2D eigenvalue weighted by Crippen LogP contribution is -2.09. The topological polar surface area (TPSA) is 21.3 Å². The molecule has 0 saturated heterocycles. The summed E-state index contributed by atoms with van der Waals surface area (Å²) in [7, 11) is 0. The van der Waals surface area contributed by atoms with E-state index in [1.165, 1.54) is 38.5 Å². The van der Waals surface area contributed by atoms with Crippen molar-refractivity contribution >= 4 is 60.8 Å². The van der Waals surface area contributed by atoms with Crippen LogP contribution < -0.4 is 4.90 Å². The molecule has 0 spiro atoms. The van der Waals surface area contributed by atoms with E-state index in [1.54, 1.807) is 0 Å². The van der Waals surface area contributed by atoms with Crippen LogP contribution in [-0.4, -0.2) is 4.57 Å². The normalized spacial score (nSPS) is 11.5. The van der Waals surface area contributed by atoms with E-state index >= 15 is 0 Å². The van der Waals surface area contributed by atoms with Gasteiger partial charge in [0.05, 0.1) is 11.0 Å². The van der Waals surface area contributed by atoms with Crippen LogP contribution in [0.1, 0.15) is 0 Å². The SMILES string of the molecule is c1ccc(-c2ccccc2-c2cccc3c2c2ccc(N(c4ccccc4)c4ccc5c(c4)oc4ccccc45)cc2n3-c2ccccc2)cc1. The van der Waals surface area contributed by atoms with Crippen LogP contribution in [0.5, 0.6) is 0 Å². The molecule has 2 aromatic heterocycles. The molecule has 0 unspecified atom stereocenters. The predicted octanol–water partition coefficient (Wildman–Crippen LogP) is 13.5. The Morgan fingerprint density at radius 2 is 0.980 bits per heavy atom. The zero-order chi connectivity index (χ0) is 33.7. The van der Waals surface area contributed by atoms with Gasteiger partial charge in [0.15, 0.2) is 0 Å². The third kappa shape index (κ3) is 4.82. The number of aromatic nitrogens is 1. The molecular formula is C48H32N2O. The van der Waals surface area contributed by atoms with Crippen molar-refractivity contribution in [3.63, 3.8) is 0 Å². The summed E-state index contributed by atoms with van der Waals surface area (Å²) in [6.07, 6.45) is 0. The summed E-state index contributed by atoms with van der Waals surface area (Å²) < 4.78 is 8.78. The molecule has 0 aliphatic rings. The molecule has 2 heterocycles. The average Bonchev–Trinajstić information content (AvgIpc) is 3.74. The number of hydrogen-bond donors (Lipinski definition) is 0. The molecule has 3 nitrogen and oxygen atoms in total. The lowest BCUT2D eigenvalue weighted by Gasteiger charge is -2.25. The maximum absolute atomic E-state index is 6.37. The fourth-order valence-electron chi connectivity index (χ4n) is 7.74. The molecule has 10 aromatic rings. The number of hydrogen-bond acceptors (Lipinski definition) is 2. The monoisotopic (exact) mass is 652 g/mol. The molecule has 0 bridgehead atoms. The summed E-state index contributed by atoms with van der Waals surface area (Å²) in [6, 6.07) is 69.1. The van der Waals surface area contributed by atoms with Gasteiger partial charge in [0, 0.05) is 50.4 Å². The van der Waals surface area contributed by atoms with Gasteiger partial charge >= 0.3 is 0 Å². The second-order valence-corrected chi connectivity index (χ2v) is 12.9. The molecule has 0 atom stereocenters. The summed E-state index contributed by atoms with van der Waals surface area (Å²) in [6.45, 7) is 0. The standard InChI is InChI=1S/C48H32N2O/c1-4-15-33(16-5-1)38-21-10-11-22-39(38)42-24-14-25-44-48(42)43-30-28-36(31-45(43)50(44)35-19-8-3-9-20-35)49(34-17-6-2-7-18-34)37-27-29-41-40-23-12-13-26-46(40)51-47(41)32-37/h1-32H. The largest absolute Gasteiger partial charge is 0.456 e. The molecule has 240 valence electrons. The number of anilines is 3. The molecule has 8 aromatic carbocycles. The van der Waals surface area contributed by atoms with Gasteiger partial charge in [-0.05, 0) is 82.9 Å². The smallest absolute Gasteiger partial charge is 0.137 e. The van der Waals surface area contributed by atoms with Gasteiger partial charge in [0.2, 0.25) is 0 Å². The Labute approximate surface area is 295 Å². The molecule has 0 aliphatic carbocycles. The second-order valence-electron chi connectivity index (χ2n) is 12.9. The van der Waals surface area contributed by atoms with E-state index in [0.29, 0.717) is 0 Å². The summed E-state index contributed by atoms with van der Waals surface area (Å²) in [5.41, 5.74) is 13.2. The van der Waals surface area contributed by atoms with E-state index in [-0.39, 0.29) is 0 Å². The molecule has 0 aliphatic heterocycles. The van der Waals surface area contributed by atoms with E-state index < -0.39 is 0 Å². The van der Waals surface area contributed by atoms with Crippen molar-refractivity contribution in [3.05, 3.63) is 194 Å². The van der Waals surface area contributed by atoms with E-state index in [9.17, 15) is 0 Å². The highest BCUT2D eigenvalue weighted by atomic mass is 16.3. The van der Waals surface area contributed by atoms with Gasteiger partial charge in [-0.25, -0.2) is 0 Å². The molecule has 51 heavy (non-hydrogen) atoms. The highest BCUT2D eigenvalue weighted by molar-refractivity contribution is 6.17. The van der Waals surface area contributed by atoms with Gasteiger partial charge < -0.3 is 13.9 Å². The van der Waals surface area contributed by atoms with Gasteiger partial charge in [-0.2, -0.15) is 0 Å². The van der Waals surface area contributed by atoms with E-state index in [4.69, 9.17) is 4.42 Å². The third-order valence-electron chi connectivity index (χ3n) is 9.98. The predicted molar refractivity (Wildman–Crippen MR) is 214 cm³/mol. The van der Waals surface area contributed by atoms with Gasteiger partial charge in [-0.1, -0.05) is 127 Å². The van der Waals surface area contributed by atoms with Gasteiger partial charge in [-0.3, -0.25) is 0 Å². The molecule has 0 saturated carbocycles. The lowest BCUT2D eigenvalue weighted by molar-refractivity contribution is 0.669. The number of fused-ring (bicyclic) bond motifs is 6. The highest BCUT2D eigenvalue weighted by Gasteiger charge is 2.21. The first-order chi connectivity index (χ1) is 25.3. The number of rotatable bonds is 6. The number of nitrogens with zero attached hydrogens (tertiary/aromatic N) is 2. The van der Waals surface area contributed by atoms with Crippen molar-refractivity contribution in [1.29, 1.82) is 0 Å². The first kappa shape index (κ1) is 29.1. The quantitative estimate of drug-likeness (QED) is 0.178. The Kier molecular flexibility index (Phi) is 6.81. The molecular weight excluding hydrogens is 621 g/mol. The Balaban J connectivity index is 1.23. The highest BCUT2D eigenvalue weighted by Crippen LogP contribution is 2.44. The summed E-state index contributed by atoms with van der Waals surface area (Å²) in [5.74, 6) is 0. The minimum absolute atomic E-state index is 0.871. The average molecular weight is 653 g/mol. The van der Waals surface area contributed by atoms with Crippen molar-refractivity contribution in [1.82, 2.24) is 4.57 Å². The second kappa shape index (κ2) is 11.9. The Hall–Kier alpha value is -6.84. The number of furan rings is 1. The zero-order valence-electron chi connectivity index (χ0n) is 27.8. The molecule has 10 rings (SSSR count). The van der Waals surface area contributed by atoms with Crippen LogP contribution in [0.2, 0.25) is 0 Å². The van der Waals surface area contributed by atoms with Gasteiger partial charge in [-0.15, -0.1) is 0 Å².